The summed E-state index contributed by atoms with van der Waals surface area (Å²) >= 11 is 8.17. The van der Waals surface area contributed by atoms with Gasteiger partial charge in [-0.15, -0.1) is 0 Å². The number of halogens is 1. The molecule has 0 radical (unpaired) electrons. The van der Waals surface area contributed by atoms with Gasteiger partial charge in [-0.2, -0.15) is 5.10 Å². The highest BCUT2D eigenvalue weighted by Crippen LogP contribution is 2.42. The number of methoxy groups -OCH3 is 2. The maximum atomic E-state index is 13.2. The van der Waals surface area contributed by atoms with Crippen LogP contribution in [0.1, 0.15) is 61.4 Å². The van der Waals surface area contributed by atoms with Crippen molar-refractivity contribution in [3.05, 3.63) is 39.7 Å². The number of ether oxygens (including phenoxy) is 3. The summed E-state index contributed by atoms with van der Waals surface area (Å²) in [5, 5.41) is 6.32. The van der Waals surface area contributed by atoms with Crippen LogP contribution in [-0.4, -0.2) is 67.8 Å². The number of rotatable bonds is 14. The highest BCUT2D eigenvalue weighted by atomic mass is 35.5. The number of fused-ring (bicyclic) bond motifs is 1. The van der Waals surface area contributed by atoms with E-state index in [1.54, 1.807) is 18.7 Å². The van der Waals surface area contributed by atoms with Crippen LogP contribution in [0, 0.1) is 0 Å². The molecule has 0 atom stereocenters. The minimum Gasteiger partial charge on any atom is -0.464 e. The van der Waals surface area contributed by atoms with Crippen LogP contribution in [0.2, 0.25) is 23.2 Å². The maximum Gasteiger partial charge on any atom is 0.354 e. The zero-order valence-corrected chi connectivity index (χ0v) is 29.8. The number of aryl methyl sites for hydroxylation is 3. The summed E-state index contributed by atoms with van der Waals surface area (Å²) in [4.78, 5) is 25.2. The lowest BCUT2D eigenvalue weighted by molar-refractivity contribution is -0.109. The number of hydrogen-bond acceptors (Lipinski definition) is 8. The Morgan fingerprint density at radius 3 is 2.37 bits per heavy atom. The number of hydrogen-bond donors (Lipinski definition) is 0. The van der Waals surface area contributed by atoms with E-state index in [-0.39, 0.29) is 16.8 Å². The fourth-order valence-corrected chi connectivity index (χ4v) is 6.90. The van der Waals surface area contributed by atoms with Crippen LogP contribution in [-0.2, 0) is 56.3 Å². The molecule has 0 spiro atoms. The molecule has 0 saturated heterocycles. The number of esters is 1. The molecule has 2 heterocycles. The number of thioether (sulfide) groups is 1. The first-order valence-electron chi connectivity index (χ1n) is 14.4. The van der Waals surface area contributed by atoms with Crippen LogP contribution in [0.4, 0.5) is 0 Å². The average Bonchev–Trinajstić information content (AvgIpc) is 3.39. The van der Waals surface area contributed by atoms with Gasteiger partial charge in [-0.25, -0.2) is 4.79 Å². The quantitative estimate of drug-likeness (QED) is 0.105. The Morgan fingerprint density at radius 1 is 1.07 bits per heavy atom. The Morgan fingerprint density at radius 2 is 1.77 bits per heavy atom. The first-order valence-corrected chi connectivity index (χ1v) is 18.7. The van der Waals surface area contributed by atoms with Gasteiger partial charge < -0.3 is 23.2 Å². The summed E-state index contributed by atoms with van der Waals surface area (Å²) in [7, 11) is 4.83. The van der Waals surface area contributed by atoms with Gasteiger partial charge in [0.1, 0.15) is 5.69 Å². The van der Waals surface area contributed by atoms with E-state index in [2.05, 4.69) is 33.9 Å². The number of aromatic nitrogens is 3. The summed E-state index contributed by atoms with van der Waals surface area (Å²) in [6.45, 7) is 14.5. The summed E-state index contributed by atoms with van der Waals surface area (Å²) < 4.78 is 26.3. The molecule has 0 amide bonds. The molecule has 0 aliphatic carbocycles. The molecule has 12 heteroatoms. The maximum absolute atomic E-state index is 13.2. The van der Waals surface area contributed by atoms with Crippen molar-refractivity contribution in [3.8, 4) is 11.3 Å². The van der Waals surface area contributed by atoms with Gasteiger partial charge in [0.15, 0.2) is 13.4 Å². The first-order chi connectivity index (χ1) is 20.2. The van der Waals surface area contributed by atoms with Crippen LogP contribution < -0.4 is 0 Å². The topological polar surface area (TPSA) is 93.8 Å². The molecule has 0 aliphatic rings. The van der Waals surface area contributed by atoms with Gasteiger partial charge in [-0.1, -0.05) is 50.2 Å². The second kappa shape index (κ2) is 14.8. The normalized spacial score (nSPS) is 12.3. The van der Waals surface area contributed by atoms with Gasteiger partial charge in [-0.05, 0) is 42.6 Å². The Hall–Kier alpha value is -2.15. The van der Waals surface area contributed by atoms with Crippen molar-refractivity contribution in [2.45, 2.75) is 71.0 Å². The zero-order valence-electron chi connectivity index (χ0n) is 27.2. The average molecular weight is 652 g/mol. The third-order valence-corrected chi connectivity index (χ3v) is 13.9. The predicted octanol–water partition coefficient (Wildman–Crippen LogP) is 6.92. The lowest BCUT2D eigenvalue weighted by Gasteiger charge is -2.36. The molecule has 2 aromatic heterocycles. The van der Waals surface area contributed by atoms with E-state index in [0.29, 0.717) is 42.7 Å². The smallest absolute Gasteiger partial charge is 0.354 e. The van der Waals surface area contributed by atoms with Gasteiger partial charge in [-0.3, -0.25) is 9.48 Å². The molecule has 0 unspecified atom stereocenters. The second-order valence-electron chi connectivity index (χ2n) is 12.1. The highest BCUT2D eigenvalue weighted by molar-refractivity contribution is 8.12. The van der Waals surface area contributed by atoms with Crippen LogP contribution in [0.15, 0.2) is 12.1 Å². The number of carbonyl (C=O) groups is 2. The molecule has 238 valence electrons. The molecule has 3 aromatic rings. The molecule has 43 heavy (non-hydrogen) atoms. The monoisotopic (exact) mass is 651 g/mol. The van der Waals surface area contributed by atoms with E-state index in [4.69, 9.17) is 35.3 Å². The Balaban J connectivity index is 2.15. The zero-order chi connectivity index (χ0) is 32.1. The van der Waals surface area contributed by atoms with Crippen LogP contribution in [0.3, 0.4) is 0 Å². The number of nitrogens with zero attached hydrogens (tertiary/aromatic N) is 3. The van der Waals surface area contributed by atoms with Crippen molar-refractivity contribution in [1.82, 2.24) is 14.3 Å². The summed E-state index contributed by atoms with van der Waals surface area (Å²) in [6, 6.07) is 3.83. The molecule has 3 rings (SSSR count). The van der Waals surface area contributed by atoms with Crippen molar-refractivity contribution in [2.75, 3.05) is 34.0 Å². The molecule has 9 nitrogen and oxygen atoms in total. The Bertz CT molecular complexity index is 1460. The third kappa shape index (κ3) is 7.93. The van der Waals surface area contributed by atoms with Crippen LogP contribution in [0.25, 0.3) is 22.2 Å². The Kier molecular flexibility index (Phi) is 12.1. The molecule has 0 N–H and O–H groups in total. The van der Waals surface area contributed by atoms with E-state index >= 15 is 0 Å². The number of carbonyl (C=O) groups excluding carboxylic acids is 2. The van der Waals surface area contributed by atoms with Crippen molar-refractivity contribution in [2.24, 2.45) is 14.1 Å². The molecular formula is C31H46ClN3O6SSi. The van der Waals surface area contributed by atoms with Gasteiger partial charge in [0.05, 0.1) is 48.9 Å². The van der Waals surface area contributed by atoms with Crippen molar-refractivity contribution < 1.29 is 28.2 Å². The lowest BCUT2D eigenvalue weighted by Crippen LogP contribution is -2.41. The minimum atomic E-state index is -1.90. The SMILES string of the molecule is COCCOCc1nn(C)c(-c2c(Cl)ccc3c(CCCO[Si](C)(C)C(C)(C)C)c(C(=O)OC)n(C)c23)c1CSC(C)=O. The van der Waals surface area contributed by atoms with E-state index in [1.807, 2.05) is 30.8 Å². The predicted molar refractivity (Wildman–Crippen MR) is 176 cm³/mol. The molecule has 0 saturated carbocycles. The molecule has 0 fully saturated rings. The third-order valence-electron chi connectivity index (χ3n) is 8.18. The second-order valence-corrected chi connectivity index (χ2v) is 18.5. The van der Waals surface area contributed by atoms with Gasteiger partial charge in [0.2, 0.25) is 0 Å². The standard InChI is InChI=1S/C31H46ClN3O6SSi/c1-20(36)42-19-23-25(18-40-17-16-38-7)33-35(6)28(23)26-24(32)14-13-22-21(29(30(37)39-8)34(5)27(22)26)12-11-15-41-43(9,10)31(2,3)4/h13-14H,11-12,15-19H2,1-10H3. The van der Waals surface area contributed by atoms with E-state index in [9.17, 15) is 9.59 Å². The fraction of sp³-hybridized carbons (Fsp3) is 0.581. The van der Waals surface area contributed by atoms with Gasteiger partial charge >= 0.3 is 5.97 Å². The van der Waals surface area contributed by atoms with Crippen molar-refractivity contribution >= 4 is 53.7 Å². The van der Waals surface area contributed by atoms with Crippen LogP contribution in [0.5, 0.6) is 0 Å². The fourth-order valence-electron chi connectivity index (χ4n) is 4.92. The van der Waals surface area contributed by atoms with Gasteiger partial charge in [0.25, 0.3) is 0 Å². The summed E-state index contributed by atoms with van der Waals surface area (Å²) in [5.74, 6) is -0.00850. The lowest BCUT2D eigenvalue weighted by atomic mass is 10.00. The molecular weight excluding hydrogens is 606 g/mol. The molecule has 0 bridgehead atoms. The highest BCUT2D eigenvalue weighted by Gasteiger charge is 2.37. The summed E-state index contributed by atoms with van der Waals surface area (Å²) in [5.41, 5.74) is 5.29. The largest absolute Gasteiger partial charge is 0.464 e. The van der Waals surface area contributed by atoms with E-state index in [1.165, 1.54) is 18.9 Å². The van der Waals surface area contributed by atoms with Crippen LogP contribution >= 0.6 is 23.4 Å². The van der Waals surface area contributed by atoms with Crippen molar-refractivity contribution in [1.29, 1.82) is 0 Å². The Labute approximate surface area is 265 Å². The van der Waals surface area contributed by atoms with E-state index < -0.39 is 14.3 Å². The van der Waals surface area contributed by atoms with Gasteiger partial charge in [0, 0.05) is 57.0 Å². The number of benzene rings is 1. The van der Waals surface area contributed by atoms with Crippen molar-refractivity contribution in [3.63, 3.8) is 0 Å². The molecule has 1 aromatic carbocycles. The minimum absolute atomic E-state index is 0.000548. The summed E-state index contributed by atoms with van der Waals surface area (Å²) in [6.07, 6.45) is 1.39. The first kappa shape index (κ1) is 35.3. The molecule has 0 aliphatic heterocycles. The van der Waals surface area contributed by atoms with E-state index in [0.717, 1.165) is 45.4 Å².